The maximum atomic E-state index is 12.7. The average Bonchev–Trinajstić information content (AvgIpc) is 2.85. The maximum absolute atomic E-state index is 12.7. The third-order valence-electron chi connectivity index (χ3n) is 4.79. The number of nitrogens with one attached hydrogen (secondary N) is 1. The number of nitrogens with zero attached hydrogens (tertiary/aromatic N) is 1. The smallest absolute Gasteiger partial charge is 0.166 e. The Morgan fingerprint density at radius 3 is 2.41 bits per heavy atom. The SMILES string of the molecule is CN(C)CCOc1ccc(C(=O)C2CC3CCC(C2)N3)cc1. The summed E-state index contributed by atoms with van der Waals surface area (Å²) in [6.45, 7) is 1.55. The molecule has 0 radical (unpaired) electrons. The number of carbonyl (C=O) groups is 1. The normalized spacial score (nSPS) is 27.1. The first kappa shape index (κ1) is 15.5. The van der Waals surface area contributed by atoms with Gasteiger partial charge in [-0.15, -0.1) is 0 Å². The van der Waals surface area contributed by atoms with Crippen LogP contribution < -0.4 is 10.1 Å². The van der Waals surface area contributed by atoms with Crippen molar-refractivity contribution >= 4 is 5.78 Å². The molecule has 0 aromatic heterocycles. The Balaban J connectivity index is 1.56. The van der Waals surface area contributed by atoms with Crippen molar-refractivity contribution in [2.75, 3.05) is 27.2 Å². The van der Waals surface area contributed by atoms with Gasteiger partial charge >= 0.3 is 0 Å². The van der Waals surface area contributed by atoms with Crippen LogP contribution >= 0.6 is 0 Å². The molecule has 2 fully saturated rings. The molecule has 22 heavy (non-hydrogen) atoms. The molecule has 2 unspecified atom stereocenters. The van der Waals surface area contributed by atoms with Crippen LogP contribution in [0.25, 0.3) is 0 Å². The molecule has 4 heteroatoms. The number of benzene rings is 1. The molecule has 2 bridgehead atoms. The monoisotopic (exact) mass is 302 g/mol. The lowest BCUT2D eigenvalue weighted by atomic mass is 9.86. The minimum absolute atomic E-state index is 0.194. The number of piperidine rings is 1. The van der Waals surface area contributed by atoms with E-state index in [9.17, 15) is 4.79 Å². The van der Waals surface area contributed by atoms with E-state index < -0.39 is 0 Å². The molecular formula is C18H26N2O2. The van der Waals surface area contributed by atoms with E-state index in [1.54, 1.807) is 0 Å². The first-order chi connectivity index (χ1) is 10.6. The van der Waals surface area contributed by atoms with Crippen LogP contribution in [0.4, 0.5) is 0 Å². The molecule has 2 saturated heterocycles. The van der Waals surface area contributed by atoms with Crippen LogP contribution in [0.5, 0.6) is 5.75 Å². The molecule has 3 rings (SSSR count). The van der Waals surface area contributed by atoms with Crippen LogP contribution in [0.1, 0.15) is 36.0 Å². The van der Waals surface area contributed by atoms with Crippen molar-refractivity contribution in [3.63, 3.8) is 0 Å². The summed E-state index contributed by atoms with van der Waals surface area (Å²) in [5.41, 5.74) is 0.825. The maximum Gasteiger partial charge on any atom is 0.166 e. The van der Waals surface area contributed by atoms with E-state index in [0.29, 0.717) is 24.5 Å². The van der Waals surface area contributed by atoms with Crippen molar-refractivity contribution in [3.8, 4) is 5.75 Å². The topological polar surface area (TPSA) is 41.6 Å². The third kappa shape index (κ3) is 3.68. The summed E-state index contributed by atoms with van der Waals surface area (Å²) in [5, 5.41) is 3.59. The summed E-state index contributed by atoms with van der Waals surface area (Å²) in [4.78, 5) is 14.7. The highest BCUT2D eigenvalue weighted by Crippen LogP contribution is 2.33. The Bertz CT molecular complexity index is 500. The quantitative estimate of drug-likeness (QED) is 0.819. The number of rotatable bonds is 6. The van der Waals surface area contributed by atoms with Crippen LogP contribution in [-0.2, 0) is 0 Å². The zero-order valence-electron chi connectivity index (χ0n) is 13.5. The Morgan fingerprint density at radius 1 is 1.18 bits per heavy atom. The summed E-state index contributed by atoms with van der Waals surface area (Å²) in [6.07, 6.45) is 4.45. The van der Waals surface area contributed by atoms with Crippen molar-refractivity contribution in [1.82, 2.24) is 10.2 Å². The second kappa shape index (κ2) is 6.80. The summed E-state index contributed by atoms with van der Waals surface area (Å²) < 4.78 is 5.68. The van der Waals surface area contributed by atoms with Gasteiger partial charge in [0.05, 0.1) is 0 Å². The second-order valence-electron chi connectivity index (χ2n) is 6.85. The molecule has 0 saturated carbocycles. The van der Waals surface area contributed by atoms with E-state index in [1.807, 2.05) is 38.4 Å². The van der Waals surface area contributed by atoms with Crippen LogP contribution in [0, 0.1) is 5.92 Å². The molecule has 4 nitrogen and oxygen atoms in total. The minimum atomic E-state index is 0.194. The fraction of sp³-hybridized carbons (Fsp3) is 0.611. The highest BCUT2D eigenvalue weighted by Gasteiger charge is 2.36. The number of carbonyl (C=O) groups excluding carboxylic acids is 1. The van der Waals surface area contributed by atoms with Crippen molar-refractivity contribution in [3.05, 3.63) is 29.8 Å². The first-order valence-electron chi connectivity index (χ1n) is 8.29. The van der Waals surface area contributed by atoms with Gasteiger partial charge in [0.2, 0.25) is 0 Å². The zero-order valence-corrected chi connectivity index (χ0v) is 13.5. The average molecular weight is 302 g/mol. The van der Waals surface area contributed by atoms with E-state index >= 15 is 0 Å². The molecule has 1 aromatic carbocycles. The van der Waals surface area contributed by atoms with Gasteiger partial charge in [0.1, 0.15) is 12.4 Å². The highest BCUT2D eigenvalue weighted by molar-refractivity contribution is 5.98. The lowest BCUT2D eigenvalue weighted by Crippen LogP contribution is -2.40. The molecule has 1 N–H and O–H groups in total. The zero-order chi connectivity index (χ0) is 15.5. The molecule has 0 amide bonds. The lowest BCUT2D eigenvalue weighted by molar-refractivity contribution is 0.0875. The molecule has 2 heterocycles. The Kier molecular flexibility index (Phi) is 4.79. The van der Waals surface area contributed by atoms with Crippen molar-refractivity contribution in [2.45, 2.75) is 37.8 Å². The van der Waals surface area contributed by atoms with Crippen LogP contribution in [0.3, 0.4) is 0 Å². The first-order valence-corrected chi connectivity index (χ1v) is 8.29. The predicted molar refractivity (Wildman–Crippen MR) is 87.5 cm³/mol. The van der Waals surface area contributed by atoms with Gasteiger partial charge < -0.3 is 15.0 Å². The number of ether oxygens (including phenoxy) is 1. The Hall–Kier alpha value is -1.39. The lowest BCUT2D eigenvalue weighted by Gasteiger charge is -2.28. The van der Waals surface area contributed by atoms with E-state index in [4.69, 9.17) is 4.74 Å². The van der Waals surface area contributed by atoms with Gasteiger partial charge in [-0.3, -0.25) is 4.79 Å². The molecule has 0 spiro atoms. The number of hydrogen-bond acceptors (Lipinski definition) is 4. The van der Waals surface area contributed by atoms with Crippen molar-refractivity contribution < 1.29 is 9.53 Å². The van der Waals surface area contributed by atoms with Gasteiger partial charge in [0, 0.05) is 30.1 Å². The molecule has 2 atom stereocenters. The van der Waals surface area contributed by atoms with Crippen LogP contribution in [0.15, 0.2) is 24.3 Å². The largest absolute Gasteiger partial charge is 0.492 e. The van der Waals surface area contributed by atoms with Gasteiger partial charge in [-0.2, -0.15) is 0 Å². The fourth-order valence-corrected chi connectivity index (χ4v) is 3.57. The van der Waals surface area contributed by atoms with E-state index in [2.05, 4.69) is 10.2 Å². The number of hydrogen-bond donors (Lipinski definition) is 1. The predicted octanol–water partition coefficient (Wildman–Crippen LogP) is 2.34. The molecule has 120 valence electrons. The number of ketones is 1. The minimum Gasteiger partial charge on any atom is -0.492 e. The summed E-state index contributed by atoms with van der Waals surface area (Å²) in [6, 6.07) is 8.77. The molecule has 2 aliphatic rings. The van der Waals surface area contributed by atoms with Crippen molar-refractivity contribution in [2.24, 2.45) is 5.92 Å². The van der Waals surface area contributed by atoms with E-state index in [-0.39, 0.29) is 5.92 Å². The summed E-state index contributed by atoms with van der Waals surface area (Å²) >= 11 is 0. The third-order valence-corrected chi connectivity index (χ3v) is 4.79. The standard InChI is InChI=1S/C18H26N2O2/c1-20(2)9-10-22-17-7-3-13(4-8-17)18(21)14-11-15-5-6-16(12-14)19-15/h3-4,7-8,14-16,19H,5-6,9-12H2,1-2H3. The second-order valence-corrected chi connectivity index (χ2v) is 6.85. The van der Waals surface area contributed by atoms with E-state index in [1.165, 1.54) is 12.8 Å². The Morgan fingerprint density at radius 2 is 1.82 bits per heavy atom. The van der Waals surface area contributed by atoms with Gasteiger partial charge in [-0.25, -0.2) is 0 Å². The van der Waals surface area contributed by atoms with Crippen LogP contribution in [-0.4, -0.2) is 50.0 Å². The molecular weight excluding hydrogens is 276 g/mol. The molecule has 1 aromatic rings. The Labute approximate surface area is 132 Å². The van der Waals surface area contributed by atoms with E-state index in [0.717, 1.165) is 30.7 Å². The van der Waals surface area contributed by atoms with Gasteiger partial charge in [0.15, 0.2) is 5.78 Å². The summed E-state index contributed by atoms with van der Waals surface area (Å²) in [5.74, 6) is 1.33. The molecule has 2 aliphatic heterocycles. The number of fused-ring (bicyclic) bond motifs is 2. The number of Topliss-reactive ketones (excluding diaryl/α,β-unsaturated/α-hetero) is 1. The van der Waals surface area contributed by atoms with Crippen LogP contribution in [0.2, 0.25) is 0 Å². The molecule has 0 aliphatic carbocycles. The van der Waals surface area contributed by atoms with Gasteiger partial charge in [-0.05, 0) is 64.0 Å². The number of likely N-dealkylation sites (N-methyl/N-ethyl adjacent to an activating group) is 1. The van der Waals surface area contributed by atoms with Crippen molar-refractivity contribution in [1.29, 1.82) is 0 Å². The van der Waals surface area contributed by atoms with Gasteiger partial charge in [0.25, 0.3) is 0 Å². The van der Waals surface area contributed by atoms with Gasteiger partial charge in [-0.1, -0.05) is 0 Å². The fourth-order valence-electron chi connectivity index (χ4n) is 3.57. The highest BCUT2D eigenvalue weighted by atomic mass is 16.5. The summed E-state index contributed by atoms with van der Waals surface area (Å²) in [7, 11) is 4.05.